The van der Waals surface area contributed by atoms with Crippen LogP contribution in [0.3, 0.4) is 0 Å². The average Bonchev–Trinajstić information content (AvgIpc) is 2.49. The molecule has 0 unspecified atom stereocenters. The SMILES string of the molecule is Cc1cc(B2OC(C)(C)C(C)(C)O2)cnc1OC(C)(C)C. The minimum absolute atomic E-state index is 0.260. The molecule has 1 fully saturated rings. The zero-order valence-electron chi connectivity index (χ0n) is 14.4. The highest BCUT2D eigenvalue weighted by Gasteiger charge is 2.51. The summed E-state index contributed by atoms with van der Waals surface area (Å²) in [6, 6.07) is 2.02. The Morgan fingerprint density at radius 3 is 2.05 bits per heavy atom. The predicted octanol–water partition coefficient (Wildman–Crippen LogP) is 2.87. The van der Waals surface area contributed by atoms with Gasteiger partial charge in [-0.2, -0.15) is 0 Å². The molecule has 5 heteroatoms. The number of hydrogen-bond acceptors (Lipinski definition) is 4. The number of rotatable bonds is 2. The third kappa shape index (κ3) is 3.41. The highest BCUT2D eigenvalue weighted by atomic mass is 16.7. The van der Waals surface area contributed by atoms with E-state index in [2.05, 4.69) is 4.98 Å². The molecule has 0 bridgehead atoms. The Hall–Kier alpha value is -1.07. The second kappa shape index (κ2) is 4.99. The summed E-state index contributed by atoms with van der Waals surface area (Å²) < 4.78 is 17.9. The highest BCUT2D eigenvalue weighted by Crippen LogP contribution is 2.36. The summed E-state index contributed by atoms with van der Waals surface area (Å²) >= 11 is 0. The Labute approximate surface area is 128 Å². The summed E-state index contributed by atoms with van der Waals surface area (Å²) in [5.74, 6) is 0.655. The van der Waals surface area contributed by atoms with Crippen molar-refractivity contribution in [2.24, 2.45) is 0 Å². The standard InChI is InChI=1S/C16H26BNO3/c1-11-9-12(10-18-13(11)19-14(2,3)4)17-20-15(5,6)16(7,8)21-17/h9-10H,1-8H3. The molecule has 2 rings (SSSR count). The van der Waals surface area contributed by atoms with Crippen LogP contribution in [-0.4, -0.2) is 28.9 Å². The van der Waals surface area contributed by atoms with Crippen LogP contribution in [0.25, 0.3) is 0 Å². The minimum Gasteiger partial charge on any atom is -0.472 e. The van der Waals surface area contributed by atoms with Gasteiger partial charge in [0.2, 0.25) is 5.88 Å². The molecule has 4 nitrogen and oxygen atoms in total. The molecule has 1 aromatic heterocycles. The first-order chi connectivity index (χ1) is 9.41. The van der Waals surface area contributed by atoms with E-state index in [0.717, 1.165) is 11.0 Å². The van der Waals surface area contributed by atoms with Gasteiger partial charge in [0.05, 0.1) is 11.2 Å². The Balaban J connectivity index is 2.22. The molecular weight excluding hydrogens is 265 g/mol. The van der Waals surface area contributed by atoms with E-state index >= 15 is 0 Å². The second-order valence-electron chi connectivity index (χ2n) is 7.69. The summed E-state index contributed by atoms with van der Waals surface area (Å²) in [6.07, 6.45) is 1.77. The van der Waals surface area contributed by atoms with Crippen LogP contribution in [0.5, 0.6) is 5.88 Å². The van der Waals surface area contributed by atoms with Gasteiger partial charge in [-0.25, -0.2) is 4.98 Å². The van der Waals surface area contributed by atoms with E-state index in [4.69, 9.17) is 14.0 Å². The lowest BCUT2D eigenvalue weighted by atomic mass is 9.80. The van der Waals surface area contributed by atoms with Crippen LogP contribution >= 0.6 is 0 Å². The van der Waals surface area contributed by atoms with Crippen LogP contribution < -0.4 is 10.2 Å². The zero-order valence-corrected chi connectivity index (χ0v) is 14.4. The van der Waals surface area contributed by atoms with Crippen molar-refractivity contribution in [3.8, 4) is 5.88 Å². The fourth-order valence-corrected chi connectivity index (χ4v) is 2.09. The molecule has 0 atom stereocenters. The van der Waals surface area contributed by atoms with Gasteiger partial charge >= 0.3 is 7.12 Å². The number of hydrogen-bond donors (Lipinski definition) is 0. The van der Waals surface area contributed by atoms with E-state index in [9.17, 15) is 0 Å². The van der Waals surface area contributed by atoms with Crippen LogP contribution in [0.2, 0.25) is 0 Å². The lowest BCUT2D eigenvalue weighted by Gasteiger charge is -2.32. The summed E-state index contributed by atoms with van der Waals surface area (Å²) in [7, 11) is -0.384. The summed E-state index contributed by atoms with van der Waals surface area (Å²) in [6.45, 7) is 16.2. The molecule has 0 aromatic carbocycles. The van der Waals surface area contributed by atoms with E-state index in [-0.39, 0.29) is 23.9 Å². The third-order valence-corrected chi connectivity index (χ3v) is 3.98. The maximum absolute atomic E-state index is 6.04. The molecule has 0 radical (unpaired) electrons. The van der Waals surface area contributed by atoms with Gasteiger partial charge in [-0.15, -0.1) is 0 Å². The van der Waals surface area contributed by atoms with E-state index in [1.165, 1.54) is 0 Å². The highest BCUT2D eigenvalue weighted by molar-refractivity contribution is 6.62. The zero-order chi connectivity index (χ0) is 16.1. The monoisotopic (exact) mass is 291 g/mol. The van der Waals surface area contributed by atoms with E-state index in [1.807, 2.05) is 61.5 Å². The first-order valence-electron chi connectivity index (χ1n) is 7.42. The Morgan fingerprint density at radius 1 is 1.10 bits per heavy atom. The van der Waals surface area contributed by atoms with Crippen molar-refractivity contribution < 1.29 is 14.0 Å². The quantitative estimate of drug-likeness (QED) is 0.786. The average molecular weight is 291 g/mol. The number of pyridine rings is 1. The van der Waals surface area contributed by atoms with Crippen LogP contribution in [-0.2, 0) is 9.31 Å². The first-order valence-corrected chi connectivity index (χ1v) is 7.42. The molecule has 21 heavy (non-hydrogen) atoms. The van der Waals surface area contributed by atoms with Crippen LogP contribution in [0.15, 0.2) is 12.3 Å². The van der Waals surface area contributed by atoms with Crippen molar-refractivity contribution >= 4 is 12.6 Å². The molecule has 2 heterocycles. The summed E-state index contributed by atoms with van der Waals surface area (Å²) in [4.78, 5) is 4.42. The molecule has 1 aliphatic rings. The summed E-state index contributed by atoms with van der Waals surface area (Å²) in [5, 5.41) is 0. The minimum atomic E-state index is -0.384. The molecule has 1 saturated heterocycles. The molecule has 116 valence electrons. The number of aryl methyl sites for hydroxylation is 1. The third-order valence-electron chi connectivity index (χ3n) is 3.98. The number of nitrogens with zero attached hydrogens (tertiary/aromatic N) is 1. The lowest BCUT2D eigenvalue weighted by Crippen LogP contribution is -2.41. The maximum atomic E-state index is 6.04. The van der Waals surface area contributed by atoms with Gasteiger partial charge in [0.1, 0.15) is 5.60 Å². The van der Waals surface area contributed by atoms with Gasteiger partial charge in [0.25, 0.3) is 0 Å². The molecule has 1 aliphatic heterocycles. The molecule has 1 aromatic rings. The van der Waals surface area contributed by atoms with Gasteiger partial charge in [-0.05, 0) is 55.4 Å². The van der Waals surface area contributed by atoms with Crippen molar-refractivity contribution in [2.45, 2.75) is 72.2 Å². The Kier molecular flexibility index (Phi) is 3.88. The first kappa shape index (κ1) is 16.3. The van der Waals surface area contributed by atoms with Crippen LogP contribution in [0.4, 0.5) is 0 Å². The van der Waals surface area contributed by atoms with Crippen molar-refractivity contribution in [3.05, 3.63) is 17.8 Å². The van der Waals surface area contributed by atoms with Crippen molar-refractivity contribution in [2.75, 3.05) is 0 Å². The second-order valence-corrected chi connectivity index (χ2v) is 7.69. The lowest BCUT2D eigenvalue weighted by molar-refractivity contribution is 0.00578. The fraction of sp³-hybridized carbons (Fsp3) is 0.688. The van der Waals surface area contributed by atoms with Gasteiger partial charge < -0.3 is 14.0 Å². The molecule has 0 spiro atoms. The summed E-state index contributed by atoms with van der Waals surface area (Å²) in [5.41, 5.74) is 0.964. The Bertz CT molecular complexity index is 519. The topological polar surface area (TPSA) is 40.6 Å². The predicted molar refractivity (Wildman–Crippen MR) is 85.1 cm³/mol. The van der Waals surface area contributed by atoms with Crippen molar-refractivity contribution in [1.82, 2.24) is 4.98 Å². The van der Waals surface area contributed by atoms with Gasteiger partial charge in [-0.1, -0.05) is 6.07 Å². The normalized spacial score (nSPS) is 20.7. The van der Waals surface area contributed by atoms with Gasteiger partial charge in [0, 0.05) is 17.2 Å². The van der Waals surface area contributed by atoms with E-state index in [1.54, 1.807) is 6.20 Å². The van der Waals surface area contributed by atoms with Gasteiger partial charge in [-0.3, -0.25) is 0 Å². The molecular formula is C16H26BNO3. The van der Waals surface area contributed by atoms with Crippen LogP contribution in [0, 0.1) is 6.92 Å². The maximum Gasteiger partial charge on any atom is 0.496 e. The van der Waals surface area contributed by atoms with E-state index in [0.29, 0.717) is 5.88 Å². The molecule has 0 N–H and O–H groups in total. The van der Waals surface area contributed by atoms with Crippen LogP contribution in [0.1, 0.15) is 54.0 Å². The van der Waals surface area contributed by atoms with E-state index < -0.39 is 0 Å². The molecule has 0 saturated carbocycles. The molecule has 0 aliphatic carbocycles. The fourth-order valence-electron chi connectivity index (χ4n) is 2.09. The van der Waals surface area contributed by atoms with Crippen molar-refractivity contribution in [1.29, 1.82) is 0 Å². The molecule has 0 amide bonds. The van der Waals surface area contributed by atoms with Crippen molar-refractivity contribution in [3.63, 3.8) is 0 Å². The van der Waals surface area contributed by atoms with Gasteiger partial charge in [0.15, 0.2) is 0 Å². The Morgan fingerprint density at radius 2 is 1.62 bits per heavy atom. The smallest absolute Gasteiger partial charge is 0.472 e. The number of ether oxygens (including phenoxy) is 1. The number of aromatic nitrogens is 1. The largest absolute Gasteiger partial charge is 0.496 e.